The standard InChI is InChI=1S/C10H14N4/c1-7-5-9-10(6-8(7)2)14(4-3-11)13-12-9/h5-6H,3-4,11H2,1-2H3. The van der Waals surface area contributed by atoms with Crippen LogP contribution < -0.4 is 5.73 Å². The molecule has 0 unspecified atom stereocenters. The van der Waals surface area contributed by atoms with Crippen LogP contribution >= 0.6 is 0 Å². The summed E-state index contributed by atoms with van der Waals surface area (Å²) in [7, 11) is 0. The van der Waals surface area contributed by atoms with Gasteiger partial charge in [0.2, 0.25) is 0 Å². The maximum atomic E-state index is 5.49. The monoisotopic (exact) mass is 190 g/mol. The van der Waals surface area contributed by atoms with Crippen molar-refractivity contribution in [3.63, 3.8) is 0 Å². The largest absolute Gasteiger partial charge is 0.329 e. The lowest BCUT2D eigenvalue weighted by Gasteiger charge is -2.01. The summed E-state index contributed by atoms with van der Waals surface area (Å²) in [5.74, 6) is 0. The van der Waals surface area contributed by atoms with Crippen molar-refractivity contribution in [2.45, 2.75) is 20.4 Å². The molecule has 0 aliphatic heterocycles. The minimum absolute atomic E-state index is 0.589. The molecule has 0 aliphatic carbocycles. The van der Waals surface area contributed by atoms with E-state index < -0.39 is 0 Å². The average Bonchev–Trinajstić information content (AvgIpc) is 2.51. The first-order valence-electron chi connectivity index (χ1n) is 4.73. The van der Waals surface area contributed by atoms with Gasteiger partial charge in [0.1, 0.15) is 5.52 Å². The van der Waals surface area contributed by atoms with Gasteiger partial charge in [0, 0.05) is 6.54 Å². The Morgan fingerprint density at radius 2 is 2.00 bits per heavy atom. The second kappa shape index (κ2) is 3.38. The molecule has 0 aliphatic rings. The van der Waals surface area contributed by atoms with Crippen LogP contribution in [0.2, 0.25) is 0 Å². The van der Waals surface area contributed by atoms with E-state index in [-0.39, 0.29) is 0 Å². The first kappa shape index (κ1) is 9.15. The Hall–Kier alpha value is -1.42. The van der Waals surface area contributed by atoms with Crippen molar-refractivity contribution in [3.05, 3.63) is 23.3 Å². The SMILES string of the molecule is Cc1cc2nnn(CCN)c2cc1C. The predicted molar refractivity (Wildman–Crippen MR) is 56.1 cm³/mol. The van der Waals surface area contributed by atoms with Gasteiger partial charge in [-0.05, 0) is 37.1 Å². The number of rotatable bonds is 2. The normalized spacial score (nSPS) is 11.1. The third-order valence-corrected chi connectivity index (χ3v) is 2.47. The van der Waals surface area contributed by atoms with Gasteiger partial charge in [0.05, 0.1) is 12.1 Å². The van der Waals surface area contributed by atoms with E-state index in [9.17, 15) is 0 Å². The Bertz CT molecular complexity index is 458. The summed E-state index contributed by atoms with van der Waals surface area (Å²) >= 11 is 0. The summed E-state index contributed by atoms with van der Waals surface area (Å²) in [4.78, 5) is 0. The second-order valence-electron chi connectivity index (χ2n) is 3.53. The summed E-state index contributed by atoms with van der Waals surface area (Å²) in [6.07, 6.45) is 0. The van der Waals surface area contributed by atoms with Crippen molar-refractivity contribution < 1.29 is 0 Å². The van der Waals surface area contributed by atoms with Crippen LogP contribution in [0.1, 0.15) is 11.1 Å². The van der Waals surface area contributed by atoms with Gasteiger partial charge < -0.3 is 5.73 Å². The number of hydrogen-bond acceptors (Lipinski definition) is 3. The summed E-state index contributed by atoms with van der Waals surface area (Å²) in [5.41, 5.74) is 10.0. The van der Waals surface area contributed by atoms with Crippen molar-refractivity contribution in [3.8, 4) is 0 Å². The summed E-state index contributed by atoms with van der Waals surface area (Å²) < 4.78 is 1.85. The minimum Gasteiger partial charge on any atom is -0.329 e. The van der Waals surface area contributed by atoms with Crippen molar-refractivity contribution >= 4 is 11.0 Å². The molecule has 1 heterocycles. The third kappa shape index (κ3) is 1.37. The number of aryl methyl sites for hydroxylation is 2. The fourth-order valence-corrected chi connectivity index (χ4v) is 1.51. The van der Waals surface area contributed by atoms with Crippen LogP contribution in [-0.4, -0.2) is 21.5 Å². The fourth-order valence-electron chi connectivity index (χ4n) is 1.51. The van der Waals surface area contributed by atoms with Gasteiger partial charge in [-0.25, -0.2) is 4.68 Å². The number of benzene rings is 1. The van der Waals surface area contributed by atoms with Crippen molar-refractivity contribution in [1.82, 2.24) is 15.0 Å². The van der Waals surface area contributed by atoms with Crippen LogP contribution in [0.25, 0.3) is 11.0 Å². The van der Waals surface area contributed by atoms with Crippen molar-refractivity contribution in [2.24, 2.45) is 5.73 Å². The van der Waals surface area contributed by atoms with E-state index in [0.717, 1.165) is 17.6 Å². The molecule has 14 heavy (non-hydrogen) atoms. The van der Waals surface area contributed by atoms with Gasteiger partial charge in [0.25, 0.3) is 0 Å². The van der Waals surface area contributed by atoms with Crippen LogP contribution in [0.3, 0.4) is 0 Å². The molecule has 0 saturated heterocycles. The molecule has 2 aromatic rings. The molecular formula is C10H14N4. The maximum absolute atomic E-state index is 5.49. The van der Waals surface area contributed by atoms with Gasteiger partial charge in [-0.2, -0.15) is 0 Å². The van der Waals surface area contributed by atoms with Crippen molar-refractivity contribution in [1.29, 1.82) is 0 Å². The van der Waals surface area contributed by atoms with Gasteiger partial charge in [-0.1, -0.05) is 5.21 Å². The van der Waals surface area contributed by atoms with Gasteiger partial charge in [-0.3, -0.25) is 0 Å². The van der Waals surface area contributed by atoms with Crippen LogP contribution in [0.4, 0.5) is 0 Å². The molecule has 0 amide bonds. The summed E-state index contributed by atoms with van der Waals surface area (Å²) in [6, 6.07) is 4.17. The Balaban J connectivity index is 2.61. The zero-order valence-corrected chi connectivity index (χ0v) is 8.49. The molecule has 2 N–H and O–H groups in total. The zero-order valence-electron chi connectivity index (χ0n) is 8.49. The van der Waals surface area contributed by atoms with Gasteiger partial charge >= 0.3 is 0 Å². The molecule has 0 atom stereocenters. The Kier molecular flexibility index (Phi) is 2.21. The first-order valence-corrected chi connectivity index (χ1v) is 4.73. The molecule has 0 spiro atoms. The summed E-state index contributed by atoms with van der Waals surface area (Å²) in [6.45, 7) is 5.48. The molecule has 0 bridgehead atoms. The highest BCUT2D eigenvalue weighted by molar-refractivity contribution is 5.76. The quantitative estimate of drug-likeness (QED) is 0.768. The molecular weight excluding hydrogens is 176 g/mol. The Labute approximate surface area is 82.7 Å². The maximum Gasteiger partial charge on any atom is 0.113 e. The minimum atomic E-state index is 0.589. The van der Waals surface area contributed by atoms with E-state index in [1.807, 2.05) is 4.68 Å². The van der Waals surface area contributed by atoms with E-state index in [0.29, 0.717) is 6.54 Å². The van der Waals surface area contributed by atoms with E-state index in [4.69, 9.17) is 5.73 Å². The molecule has 2 rings (SSSR count). The molecule has 0 fully saturated rings. The van der Waals surface area contributed by atoms with E-state index in [1.165, 1.54) is 11.1 Å². The molecule has 0 radical (unpaired) electrons. The van der Waals surface area contributed by atoms with E-state index in [2.05, 4.69) is 36.3 Å². The number of aromatic nitrogens is 3. The zero-order chi connectivity index (χ0) is 10.1. The molecule has 0 saturated carbocycles. The Morgan fingerprint density at radius 3 is 2.71 bits per heavy atom. The number of hydrogen-bond donors (Lipinski definition) is 1. The molecule has 4 nitrogen and oxygen atoms in total. The lowest BCUT2D eigenvalue weighted by atomic mass is 10.1. The highest BCUT2D eigenvalue weighted by Gasteiger charge is 2.05. The highest BCUT2D eigenvalue weighted by Crippen LogP contribution is 2.16. The molecule has 1 aromatic carbocycles. The van der Waals surface area contributed by atoms with Crippen LogP contribution in [0, 0.1) is 13.8 Å². The molecule has 74 valence electrons. The van der Waals surface area contributed by atoms with E-state index >= 15 is 0 Å². The highest BCUT2D eigenvalue weighted by atomic mass is 15.4. The second-order valence-corrected chi connectivity index (χ2v) is 3.53. The third-order valence-electron chi connectivity index (χ3n) is 2.47. The first-order chi connectivity index (χ1) is 6.72. The topological polar surface area (TPSA) is 56.7 Å². The lowest BCUT2D eigenvalue weighted by molar-refractivity contribution is 0.616. The van der Waals surface area contributed by atoms with E-state index in [1.54, 1.807) is 0 Å². The number of nitrogens with two attached hydrogens (primary N) is 1. The van der Waals surface area contributed by atoms with Crippen LogP contribution in [0.15, 0.2) is 12.1 Å². The van der Waals surface area contributed by atoms with Crippen molar-refractivity contribution in [2.75, 3.05) is 6.54 Å². The number of fused-ring (bicyclic) bond motifs is 1. The molecule has 1 aromatic heterocycles. The van der Waals surface area contributed by atoms with Gasteiger partial charge in [-0.15, -0.1) is 5.10 Å². The Morgan fingerprint density at radius 1 is 1.29 bits per heavy atom. The van der Waals surface area contributed by atoms with Crippen LogP contribution in [0.5, 0.6) is 0 Å². The smallest absolute Gasteiger partial charge is 0.113 e. The summed E-state index contributed by atoms with van der Waals surface area (Å²) in [5, 5.41) is 8.15. The average molecular weight is 190 g/mol. The fraction of sp³-hybridized carbons (Fsp3) is 0.400. The van der Waals surface area contributed by atoms with Gasteiger partial charge in [0.15, 0.2) is 0 Å². The van der Waals surface area contributed by atoms with Crippen LogP contribution in [-0.2, 0) is 6.54 Å². The molecule has 4 heteroatoms. The lowest BCUT2D eigenvalue weighted by Crippen LogP contribution is -2.11. The number of nitrogens with zero attached hydrogens (tertiary/aromatic N) is 3. The predicted octanol–water partition coefficient (Wildman–Crippen LogP) is 1.01.